The van der Waals surface area contributed by atoms with E-state index in [4.69, 9.17) is 5.73 Å². The molecule has 0 aromatic carbocycles. The molecule has 0 aliphatic carbocycles. The fraction of sp³-hybridized carbons (Fsp3) is 0.917. The number of nitrogens with one attached hydrogen (secondary N) is 1. The quantitative estimate of drug-likeness (QED) is 0.738. The van der Waals surface area contributed by atoms with Crippen molar-refractivity contribution in [2.75, 3.05) is 19.6 Å². The number of piperazine rings is 1. The second-order valence-electron chi connectivity index (χ2n) is 5.66. The van der Waals surface area contributed by atoms with Crippen LogP contribution in [0.25, 0.3) is 0 Å². The first-order valence-electron chi connectivity index (χ1n) is 6.13. The Morgan fingerprint density at radius 3 is 2.69 bits per heavy atom. The highest BCUT2D eigenvalue weighted by atomic mass is 16.2. The van der Waals surface area contributed by atoms with Gasteiger partial charge in [0.05, 0.1) is 0 Å². The molecular formula is C12H25N3O. The molecule has 0 saturated carbocycles. The number of nitrogens with two attached hydrogens (primary N) is 1. The highest BCUT2D eigenvalue weighted by molar-refractivity contribution is 5.83. The van der Waals surface area contributed by atoms with E-state index in [1.54, 1.807) is 0 Å². The van der Waals surface area contributed by atoms with Crippen molar-refractivity contribution in [1.29, 1.82) is 0 Å². The molecule has 1 amide bonds. The van der Waals surface area contributed by atoms with Crippen molar-refractivity contribution < 1.29 is 4.79 Å². The summed E-state index contributed by atoms with van der Waals surface area (Å²) in [4.78, 5) is 14.0. The summed E-state index contributed by atoms with van der Waals surface area (Å²) in [7, 11) is 0. The molecule has 0 spiro atoms. The summed E-state index contributed by atoms with van der Waals surface area (Å²) >= 11 is 0. The van der Waals surface area contributed by atoms with Gasteiger partial charge in [-0.1, -0.05) is 13.8 Å². The van der Waals surface area contributed by atoms with Crippen LogP contribution >= 0.6 is 0 Å². The third kappa shape index (κ3) is 2.95. The van der Waals surface area contributed by atoms with Crippen molar-refractivity contribution >= 4 is 5.91 Å². The van der Waals surface area contributed by atoms with E-state index in [1.807, 2.05) is 0 Å². The lowest BCUT2D eigenvalue weighted by atomic mass is 9.94. The Morgan fingerprint density at radius 1 is 1.56 bits per heavy atom. The molecule has 0 aromatic rings. The maximum atomic E-state index is 11.7. The fourth-order valence-electron chi connectivity index (χ4n) is 2.18. The summed E-state index contributed by atoms with van der Waals surface area (Å²) in [5, 5.41) is 2.93. The molecule has 4 nitrogen and oxygen atoms in total. The Balaban J connectivity index is 2.74. The number of rotatable bonds is 4. The topological polar surface area (TPSA) is 58.4 Å². The summed E-state index contributed by atoms with van der Waals surface area (Å²) in [6.07, 6.45) is 1.10. The van der Waals surface area contributed by atoms with E-state index in [0.717, 1.165) is 13.0 Å². The average Bonchev–Trinajstić information content (AvgIpc) is 2.19. The van der Waals surface area contributed by atoms with Crippen LogP contribution in [0.5, 0.6) is 0 Å². The van der Waals surface area contributed by atoms with Crippen molar-refractivity contribution in [2.45, 2.75) is 45.7 Å². The molecule has 94 valence electrons. The minimum atomic E-state index is -0.164. The predicted octanol–water partition coefficient (Wildman–Crippen LogP) is 0.570. The Labute approximate surface area is 98.6 Å². The van der Waals surface area contributed by atoms with Crippen LogP contribution in [0.2, 0.25) is 0 Å². The second kappa shape index (κ2) is 5.15. The maximum absolute atomic E-state index is 11.7. The van der Waals surface area contributed by atoms with E-state index in [1.165, 1.54) is 0 Å². The third-order valence-electron chi connectivity index (χ3n) is 3.32. The van der Waals surface area contributed by atoms with Crippen LogP contribution in [0.3, 0.4) is 0 Å². The molecule has 1 unspecified atom stereocenters. The lowest BCUT2D eigenvalue weighted by Gasteiger charge is -2.47. The van der Waals surface area contributed by atoms with Crippen molar-refractivity contribution in [1.82, 2.24) is 10.2 Å². The van der Waals surface area contributed by atoms with Crippen LogP contribution in [0, 0.1) is 5.92 Å². The molecule has 1 aliphatic heterocycles. The van der Waals surface area contributed by atoms with Gasteiger partial charge in [-0.2, -0.15) is 0 Å². The van der Waals surface area contributed by atoms with Gasteiger partial charge >= 0.3 is 0 Å². The number of amides is 1. The van der Waals surface area contributed by atoms with E-state index in [9.17, 15) is 4.79 Å². The van der Waals surface area contributed by atoms with E-state index < -0.39 is 0 Å². The third-order valence-corrected chi connectivity index (χ3v) is 3.32. The van der Waals surface area contributed by atoms with Gasteiger partial charge in [0.25, 0.3) is 0 Å². The van der Waals surface area contributed by atoms with Gasteiger partial charge in [0, 0.05) is 18.6 Å². The van der Waals surface area contributed by atoms with Gasteiger partial charge in [-0.15, -0.1) is 0 Å². The summed E-state index contributed by atoms with van der Waals surface area (Å²) in [6, 6.07) is -0.164. The zero-order chi connectivity index (χ0) is 12.3. The van der Waals surface area contributed by atoms with Gasteiger partial charge in [-0.25, -0.2) is 0 Å². The van der Waals surface area contributed by atoms with Gasteiger partial charge in [0.2, 0.25) is 5.91 Å². The molecule has 16 heavy (non-hydrogen) atoms. The zero-order valence-corrected chi connectivity index (χ0v) is 10.9. The smallest absolute Gasteiger partial charge is 0.238 e. The molecule has 1 heterocycles. The summed E-state index contributed by atoms with van der Waals surface area (Å²) in [5.41, 5.74) is 5.72. The van der Waals surface area contributed by atoms with Gasteiger partial charge in [-0.05, 0) is 32.7 Å². The van der Waals surface area contributed by atoms with E-state index in [2.05, 4.69) is 37.9 Å². The number of nitrogens with zero attached hydrogens (tertiary/aromatic N) is 1. The van der Waals surface area contributed by atoms with Crippen LogP contribution in [0.15, 0.2) is 0 Å². The molecule has 0 bridgehead atoms. The molecule has 0 aromatic heterocycles. The van der Waals surface area contributed by atoms with Crippen LogP contribution in [0.1, 0.15) is 34.1 Å². The largest absolute Gasteiger partial charge is 0.353 e. The molecule has 1 rings (SSSR count). The number of hydrogen-bond acceptors (Lipinski definition) is 3. The molecule has 1 saturated heterocycles. The molecule has 3 N–H and O–H groups in total. The van der Waals surface area contributed by atoms with Crippen molar-refractivity contribution in [3.8, 4) is 0 Å². The first kappa shape index (κ1) is 13.5. The monoisotopic (exact) mass is 227 g/mol. The van der Waals surface area contributed by atoms with Crippen molar-refractivity contribution in [3.05, 3.63) is 0 Å². The maximum Gasteiger partial charge on any atom is 0.238 e. The lowest BCUT2D eigenvalue weighted by molar-refractivity contribution is -0.133. The highest BCUT2D eigenvalue weighted by Crippen LogP contribution is 2.22. The number of carbonyl (C=O) groups is 1. The molecule has 4 heteroatoms. The lowest BCUT2D eigenvalue weighted by Crippen LogP contribution is -2.67. The van der Waals surface area contributed by atoms with Crippen molar-refractivity contribution in [3.63, 3.8) is 0 Å². The fourth-order valence-corrected chi connectivity index (χ4v) is 2.18. The predicted molar refractivity (Wildman–Crippen MR) is 66.1 cm³/mol. The molecule has 1 aliphatic rings. The standard InChI is InChI=1S/C12H25N3O/c1-9(2)5-6-15-10(7-13)11(16)14-8-12(15,3)4/h9-10H,5-8,13H2,1-4H3,(H,14,16). The first-order chi connectivity index (χ1) is 7.38. The SMILES string of the molecule is CC(C)CCN1C(CN)C(=O)NCC1(C)C. The van der Waals surface area contributed by atoms with Crippen LogP contribution < -0.4 is 11.1 Å². The molecule has 1 atom stereocenters. The number of carbonyl (C=O) groups excluding carboxylic acids is 1. The van der Waals surface area contributed by atoms with E-state index in [0.29, 0.717) is 19.0 Å². The van der Waals surface area contributed by atoms with E-state index in [-0.39, 0.29) is 17.5 Å². The Bertz CT molecular complexity index is 251. The van der Waals surface area contributed by atoms with Crippen LogP contribution in [0.4, 0.5) is 0 Å². The molecule has 0 radical (unpaired) electrons. The zero-order valence-electron chi connectivity index (χ0n) is 10.9. The first-order valence-corrected chi connectivity index (χ1v) is 6.13. The van der Waals surface area contributed by atoms with E-state index >= 15 is 0 Å². The Morgan fingerprint density at radius 2 is 2.19 bits per heavy atom. The minimum Gasteiger partial charge on any atom is -0.353 e. The Kier molecular flexibility index (Phi) is 4.33. The van der Waals surface area contributed by atoms with Gasteiger partial charge in [0.15, 0.2) is 0 Å². The second-order valence-corrected chi connectivity index (χ2v) is 5.66. The number of hydrogen-bond donors (Lipinski definition) is 2. The molecular weight excluding hydrogens is 202 g/mol. The van der Waals surface area contributed by atoms with Gasteiger partial charge in [-0.3, -0.25) is 9.69 Å². The Hall–Kier alpha value is -0.610. The van der Waals surface area contributed by atoms with Gasteiger partial charge in [0.1, 0.15) is 6.04 Å². The minimum absolute atomic E-state index is 0.00678. The van der Waals surface area contributed by atoms with Crippen LogP contribution in [-0.4, -0.2) is 42.0 Å². The van der Waals surface area contributed by atoms with Crippen molar-refractivity contribution in [2.24, 2.45) is 11.7 Å². The summed E-state index contributed by atoms with van der Waals surface area (Å²) in [6.45, 7) is 10.8. The normalized spacial score (nSPS) is 25.9. The average molecular weight is 227 g/mol. The summed E-state index contributed by atoms with van der Waals surface area (Å²) in [5.74, 6) is 0.727. The summed E-state index contributed by atoms with van der Waals surface area (Å²) < 4.78 is 0. The van der Waals surface area contributed by atoms with Crippen LogP contribution in [-0.2, 0) is 4.79 Å². The molecule has 1 fully saturated rings. The highest BCUT2D eigenvalue weighted by Gasteiger charge is 2.39. The van der Waals surface area contributed by atoms with Gasteiger partial charge < -0.3 is 11.1 Å².